The van der Waals surface area contributed by atoms with E-state index in [1.165, 1.54) is 0 Å². The van der Waals surface area contributed by atoms with Crippen molar-refractivity contribution in [2.24, 2.45) is 5.92 Å². The monoisotopic (exact) mass is 309 g/mol. The van der Waals surface area contributed by atoms with Crippen LogP contribution in [0.5, 0.6) is 0 Å². The number of hydrogen-bond donors (Lipinski definition) is 3. The summed E-state index contributed by atoms with van der Waals surface area (Å²) in [5.41, 5.74) is 0. The molecule has 0 saturated heterocycles. The highest BCUT2D eigenvalue weighted by Gasteiger charge is 2.23. The Morgan fingerprint density at radius 2 is 2.14 bits per heavy atom. The third kappa shape index (κ3) is 5.75. The number of thiophene rings is 1. The fraction of sp³-hybridized carbons (Fsp3) is 0.600. The molecule has 21 heavy (non-hydrogen) atoms. The van der Waals surface area contributed by atoms with Crippen LogP contribution in [0.3, 0.4) is 0 Å². The van der Waals surface area contributed by atoms with Crippen molar-refractivity contribution in [1.29, 1.82) is 0 Å². The molecule has 1 aromatic rings. The van der Waals surface area contributed by atoms with Crippen LogP contribution in [0, 0.1) is 5.92 Å². The minimum Gasteiger partial charge on any atom is -0.347 e. The van der Waals surface area contributed by atoms with Crippen molar-refractivity contribution in [3.8, 4) is 0 Å². The van der Waals surface area contributed by atoms with Crippen LogP contribution in [0.15, 0.2) is 17.5 Å². The summed E-state index contributed by atoms with van der Waals surface area (Å²) in [4.78, 5) is 24.6. The van der Waals surface area contributed by atoms with Crippen LogP contribution in [0.2, 0.25) is 0 Å². The van der Waals surface area contributed by atoms with Crippen molar-refractivity contribution in [1.82, 2.24) is 16.0 Å². The lowest BCUT2D eigenvalue weighted by atomic mass is 10.0. The van der Waals surface area contributed by atoms with Crippen molar-refractivity contribution in [2.75, 3.05) is 6.54 Å². The third-order valence-corrected chi connectivity index (χ3v) is 4.24. The zero-order chi connectivity index (χ0) is 15.2. The molecule has 1 saturated carbocycles. The minimum absolute atomic E-state index is 0.0124. The predicted molar refractivity (Wildman–Crippen MR) is 84.2 cm³/mol. The Hall–Kier alpha value is -1.56. The molecule has 116 valence electrons. The Balaban J connectivity index is 1.78. The van der Waals surface area contributed by atoms with E-state index in [2.05, 4.69) is 29.8 Å². The van der Waals surface area contributed by atoms with E-state index < -0.39 is 0 Å². The van der Waals surface area contributed by atoms with E-state index in [0.717, 1.165) is 24.1 Å². The summed E-state index contributed by atoms with van der Waals surface area (Å²) in [5.74, 6) is 0.337. The highest BCUT2D eigenvalue weighted by atomic mass is 32.1. The van der Waals surface area contributed by atoms with Gasteiger partial charge in [-0.2, -0.15) is 0 Å². The van der Waals surface area contributed by atoms with E-state index in [9.17, 15) is 9.59 Å². The first-order valence-corrected chi connectivity index (χ1v) is 8.29. The van der Waals surface area contributed by atoms with Crippen molar-refractivity contribution in [2.45, 2.75) is 45.2 Å². The lowest BCUT2D eigenvalue weighted by Crippen LogP contribution is -2.43. The van der Waals surface area contributed by atoms with Crippen LogP contribution >= 0.6 is 11.3 Å². The van der Waals surface area contributed by atoms with Crippen LogP contribution in [-0.4, -0.2) is 24.5 Å². The van der Waals surface area contributed by atoms with Crippen LogP contribution in [0.4, 0.5) is 4.79 Å². The van der Waals surface area contributed by atoms with Crippen LogP contribution in [0.1, 0.15) is 44.0 Å². The molecular formula is C15H23N3O2S. The van der Waals surface area contributed by atoms with Gasteiger partial charge in [0.2, 0.25) is 5.91 Å². The first-order chi connectivity index (χ1) is 10.0. The molecule has 6 heteroatoms. The van der Waals surface area contributed by atoms with E-state index in [-0.39, 0.29) is 24.5 Å². The average molecular weight is 309 g/mol. The summed E-state index contributed by atoms with van der Waals surface area (Å²) in [6, 6.07) is 4.08. The molecule has 0 bridgehead atoms. The molecule has 1 aliphatic rings. The summed E-state index contributed by atoms with van der Waals surface area (Å²) in [6.45, 7) is 4.28. The summed E-state index contributed by atoms with van der Waals surface area (Å²) < 4.78 is 0. The fourth-order valence-electron chi connectivity index (χ4n) is 2.08. The number of rotatable bonds is 7. The van der Waals surface area contributed by atoms with Gasteiger partial charge in [-0.15, -0.1) is 11.3 Å². The van der Waals surface area contributed by atoms with E-state index >= 15 is 0 Å². The molecule has 0 aliphatic heterocycles. The smallest absolute Gasteiger partial charge is 0.315 e. The van der Waals surface area contributed by atoms with Gasteiger partial charge in [-0.25, -0.2) is 4.79 Å². The quantitative estimate of drug-likeness (QED) is 0.724. The zero-order valence-corrected chi connectivity index (χ0v) is 13.3. The molecular weight excluding hydrogens is 286 g/mol. The summed E-state index contributed by atoms with van der Waals surface area (Å²) in [7, 11) is 0. The van der Waals surface area contributed by atoms with Gasteiger partial charge < -0.3 is 16.0 Å². The maximum atomic E-state index is 12.0. The lowest BCUT2D eigenvalue weighted by molar-refractivity contribution is -0.120. The number of carbonyl (C=O) groups excluding carboxylic acids is 2. The van der Waals surface area contributed by atoms with Gasteiger partial charge in [0.05, 0.1) is 12.6 Å². The highest BCUT2D eigenvalue weighted by Crippen LogP contribution is 2.25. The molecule has 1 heterocycles. The Bertz CT molecular complexity index is 469. The fourth-order valence-corrected chi connectivity index (χ4v) is 2.87. The van der Waals surface area contributed by atoms with E-state index in [4.69, 9.17) is 0 Å². The summed E-state index contributed by atoms with van der Waals surface area (Å²) in [6.07, 6.45) is 2.96. The molecule has 0 spiro atoms. The first-order valence-electron chi connectivity index (χ1n) is 7.41. The van der Waals surface area contributed by atoms with Gasteiger partial charge >= 0.3 is 6.03 Å². The molecule has 5 nitrogen and oxygen atoms in total. The predicted octanol–water partition coefficient (Wildman–Crippen LogP) is 2.41. The van der Waals surface area contributed by atoms with Gasteiger partial charge in [0.25, 0.3) is 0 Å². The molecule has 0 aromatic carbocycles. The van der Waals surface area contributed by atoms with Gasteiger partial charge in [-0.05, 0) is 36.6 Å². The Kier molecular flexibility index (Phi) is 5.61. The molecule has 1 fully saturated rings. The standard InChI is InChI=1S/C15H23N3O2S/c1-10(2)8-12(13-4-3-7-21-13)18-14(19)9-16-15(20)17-11-5-6-11/h3-4,7,10-12H,5-6,8-9H2,1-2H3,(H,18,19)(H2,16,17,20). The van der Waals surface area contributed by atoms with Crippen LogP contribution < -0.4 is 16.0 Å². The molecule has 1 unspecified atom stereocenters. The van der Waals surface area contributed by atoms with Gasteiger partial charge in [-0.1, -0.05) is 19.9 Å². The highest BCUT2D eigenvalue weighted by molar-refractivity contribution is 7.10. The molecule has 1 aliphatic carbocycles. The maximum Gasteiger partial charge on any atom is 0.315 e. The second-order valence-electron chi connectivity index (χ2n) is 5.87. The second-order valence-corrected chi connectivity index (χ2v) is 6.85. The van der Waals surface area contributed by atoms with Crippen molar-refractivity contribution < 1.29 is 9.59 Å². The number of carbonyl (C=O) groups is 2. The molecule has 3 N–H and O–H groups in total. The Morgan fingerprint density at radius 3 is 2.71 bits per heavy atom. The van der Waals surface area contributed by atoms with Gasteiger partial charge in [0.15, 0.2) is 0 Å². The van der Waals surface area contributed by atoms with Crippen LogP contribution in [-0.2, 0) is 4.79 Å². The summed E-state index contributed by atoms with van der Waals surface area (Å²) >= 11 is 1.64. The maximum absolute atomic E-state index is 12.0. The largest absolute Gasteiger partial charge is 0.347 e. The van der Waals surface area contributed by atoms with E-state index in [0.29, 0.717) is 12.0 Å². The number of amides is 3. The molecule has 2 rings (SSSR count). The van der Waals surface area contributed by atoms with Gasteiger partial charge in [-0.3, -0.25) is 4.79 Å². The lowest BCUT2D eigenvalue weighted by Gasteiger charge is -2.19. The summed E-state index contributed by atoms with van der Waals surface area (Å²) in [5, 5.41) is 10.4. The topological polar surface area (TPSA) is 70.2 Å². The van der Waals surface area contributed by atoms with Crippen LogP contribution in [0.25, 0.3) is 0 Å². The number of urea groups is 1. The molecule has 0 radical (unpaired) electrons. The molecule has 1 aromatic heterocycles. The molecule has 3 amide bonds. The first kappa shape index (κ1) is 15.8. The Morgan fingerprint density at radius 1 is 1.38 bits per heavy atom. The Labute approximate surface area is 129 Å². The number of nitrogens with one attached hydrogen (secondary N) is 3. The molecule has 1 atom stereocenters. The van der Waals surface area contributed by atoms with E-state index in [1.807, 2.05) is 17.5 Å². The normalized spacial score (nSPS) is 15.6. The van der Waals surface area contributed by atoms with Crippen molar-refractivity contribution >= 4 is 23.3 Å². The zero-order valence-electron chi connectivity index (χ0n) is 12.5. The SMILES string of the molecule is CC(C)CC(NC(=O)CNC(=O)NC1CC1)c1cccs1. The van der Waals surface area contributed by atoms with Gasteiger partial charge in [0.1, 0.15) is 0 Å². The number of hydrogen-bond acceptors (Lipinski definition) is 3. The van der Waals surface area contributed by atoms with Gasteiger partial charge in [0, 0.05) is 10.9 Å². The van der Waals surface area contributed by atoms with Crippen molar-refractivity contribution in [3.05, 3.63) is 22.4 Å². The van der Waals surface area contributed by atoms with E-state index in [1.54, 1.807) is 11.3 Å². The second kappa shape index (κ2) is 7.45. The van der Waals surface area contributed by atoms with Crippen molar-refractivity contribution in [3.63, 3.8) is 0 Å². The minimum atomic E-state index is -0.260. The third-order valence-electron chi connectivity index (χ3n) is 3.25. The average Bonchev–Trinajstić information content (AvgIpc) is 3.06.